The van der Waals surface area contributed by atoms with Gasteiger partial charge in [0.15, 0.2) is 5.76 Å². The minimum atomic E-state index is -0.211. The molecule has 1 fully saturated rings. The van der Waals surface area contributed by atoms with E-state index in [2.05, 4.69) is 33.9 Å². The lowest BCUT2D eigenvalue weighted by Crippen LogP contribution is -2.37. The van der Waals surface area contributed by atoms with E-state index in [0.29, 0.717) is 32.1 Å². The standard InChI is InChI=1S/C20H28N4O3/c1-3-23(4-2)15-17-7-8-18(27-17)20(25)22-14-16-6-5-9-21-19(16)24-10-12-26-13-11-24/h5-9H,3-4,10-15H2,1-2H3,(H,22,25). The van der Waals surface area contributed by atoms with Crippen LogP contribution in [0, 0.1) is 0 Å². The number of hydrogen-bond donors (Lipinski definition) is 1. The summed E-state index contributed by atoms with van der Waals surface area (Å²) in [4.78, 5) is 21.4. The first-order chi connectivity index (χ1) is 13.2. The van der Waals surface area contributed by atoms with Crippen molar-refractivity contribution in [2.75, 3.05) is 44.3 Å². The van der Waals surface area contributed by atoms with E-state index in [1.165, 1.54) is 0 Å². The van der Waals surface area contributed by atoms with Gasteiger partial charge in [-0.1, -0.05) is 19.9 Å². The van der Waals surface area contributed by atoms with Crippen LogP contribution in [0.2, 0.25) is 0 Å². The first-order valence-corrected chi connectivity index (χ1v) is 9.57. The monoisotopic (exact) mass is 372 g/mol. The van der Waals surface area contributed by atoms with Gasteiger partial charge in [0.1, 0.15) is 11.6 Å². The largest absolute Gasteiger partial charge is 0.455 e. The van der Waals surface area contributed by atoms with Crippen molar-refractivity contribution in [3.05, 3.63) is 47.5 Å². The summed E-state index contributed by atoms with van der Waals surface area (Å²) in [7, 11) is 0. The van der Waals surface area contributed by atoms with Gasteiger partial charge in [-0.15, -0.1) is 0 Å². The molecule has 1 amide bonds. The highest BCUT2D eigenvalue weighted by molar-refractivity contribution is 5.91. The molecule has 1 aliphatic rings. The number of nitrogens with one attached hydrogen (secondary N) is 1. The summed E-state index contributed by atoms with van der Waals surface area (Å²) in [5.41, 5.74) is 0.989. The normalized spacial score (nSPS) is 14.6. The molecular weight excluding hydrogens is 344 g/mol. The zero-order valence-corrected chi connectivity index (χ0v) is 16.1. The van der Waals surface area contributed by atoms with E-state index < -0.39 is 0 Å². The Morgan fingerprint density at radius 2 is 2.00 bits per heavy atom. The summed E-state index contributed by atoms with van der Waals surface area (Å²) in [5, 5.41) is 2.95. The maximum Gasteiger partial charge on any atom is 0.287 e. The molecule has 3 heterocycles. The Bertz CT molecular complexity index is 736. The number of anilines is 1. The Balaban J connectivity index is 1.60. The average Bonchev–Trinajstić information content (AvgIpc) is 3.20. The highest BCUT2D eigenvalue weighted by Gasteiger charge is 2.17. The summed E-state index contributed by atoms with van der Waals surface area (Å²) in [6.45, 7) is 10.3. The first-order valence-electron chi connectivity index (χ1n) is 9.57. The van der Waals surface area contributed by atoms with Gasteiger partial charge in [0, 0.05) is 31.4 Å². The molecule has 2 aromatic rings. The van der Waals surface area contributed by atoms with Gasteiger partial charge in [0.05, 0.1) is 19.8 Å². The molecule has 146 valence electrons. The molecule has 1 saturated heterocycles. The van der Waals surface area contributed by atoms with Gasteiger partial charge in [0.25, 0.3) is 5.91 Å². The molecule has 7 nitrogen and oxygen atoms in total. The van der Waals surface area contributed by atoms with Gasteiger partial charge in [-0.3, -0.25) is 9.69 Å². The number of furan rings is 1. The van der Waals surface area contributed by atoms with Crippen molar-refractivity contribution in [1.82, 2.24) is 15.2 Å². The van der Waals surface area contributed by atoms with E-state index >= 15 is 0 Å². The van der Waals surface area contributed by atoms with Gasteiger partial charge < -0.3 is 19.4 Å². The number of nitrogens with zero attached hydrogens (tertiary/aromatic N) is 3. The number of carbonyl (C=O) groups is 1. The highest BCUT2D eigenvalue weighted by atomic mass is 16.5. The van der Waals surface area contributed by atoms with Crippen molar-refractivity contribution < 1.29 is 13.9 Å². The number of pyridine rings is 1. The van der Waals surface area contributed by atoms with Crippen molar-refractivity contribution in [1.29, 1.82) is 0 Å². The van der Waals surface area contributed by atoms with Crippen LogP contribution in [-0.2, 0) is 17.8 Å². The van der Waals surface area contributed by atoms with Crippen LogP contribution < -0.4 is 10.2 Å². The van der Waals surface area contributed by atoms with Gasteiger partial charge in [-0.05, 0) is 31.3 Å². The second-order valence-electron chi connectivity index (χ2n) is 6.50. The summed E-state index contributed by atoms with van der Waals surface area (Å²) >= 11 is 0. The second-order valence-corrected chi connectivity index (χ2v) is 6.50. The first kappa shape index (κ1) is 19.4. The topological polar surface area (TPSA) is 70.8 Å². The van der Waals surface area contributed by atoms with Crippen LogP contribution in [0.4, 0.5) is 5.82 Å². The van der Waals surface area contributed by atoms with E-state index in [1.54, 1.807) is 12.3 Å². The fourth-order valence-corrected chi connectivity index (χ4v) is 3.14. The van der Waals surface area contributed by atoms with Crippen molar-refractivity contribution in [3.63, 3.8) is 0 Å². The van der Waals surface area contributed by atoms with Crippen molar-refractivity contribution >= 4 is 11.7 Å². The average molecular weight is 372 g/mol. The minimum Gasteiger partial charge on any atom is -0.455 e. The molecule has 1 aliphatic heterocycles. The molecule has 0 aliphatic carbocycles. The molecule has 2 aromatic heterocycles. The number of morpholine rings is 1. The van der Waals surface area contributed by atoms with Gasteiger partial charge in [-0.2, -0.15) is 0 Å². The number of ether oxygens (including phenoxy) is 1. The molecule has 0 spiro atoms. The Labute approximate surface area is 160 Å². The summed E-state index contributed by atoms with van der Waals surface area (Å²) < 4.78 is 11.1. The van der Waals surface area contributed by atoms with Crippen LogP contribution in [-0.4, -0.2) is 55.2 Å². The predicted molar refractivity (Wildman–Crippen MR) is 104 cm³/mol. The van der Waals surface area contributed by atoms with Crippen LogP contribution in [0.3, 0.4) is 0 Å². The Morgan fingerprint density at radius 3 is 2.74 bits per heavy atom. The van der Waals surface area contributed by atoms with E-state index in [-0.39, 0.29) is 5.91 Å². The van der Waals surface area contributed by atoms with Crippen molar-refractivity contribution in [2.45, 2.75) is 26.9 Å². The lowest BCUT2D eigenvalue weighted by atomic mass is 10.2. The molecular formula is C20H28N4O3. The maximum atomic E-state index is 12.5. The summed E-state index contributed by atoms with van der Waals surface area (Å²) in [6, 6.07) is 7.49. The Kier molecular flexibility index (Phi) is 6.84. The quantitative estimate of drug-likeness (QED) is 0.767. The van der Waals surface area contributed by atoms with E-state index in [1.807, 2.05) is 18.2 Å². The Morgan fingerprint density at radius 1 is 1.22 bits per heavy atom. The smallest absolute Gasteiger partial charge is 0.287 e. The third-order valence-electron chi connectivity index (χ3n) is 4.78. The number of carbonyl (C=O) groups excluding carboxylic acids is 1. The molecule has 7 heteroatoms. The molecule has 1 N–H and O–H groups in total. The summed E-state index contributed by atoms with van der Waals surface area (Å²) in [5.74, 6) is 1.84. The zero-order chi connectivity index (χ0) is 19.1. The lowest BCUT2D eigenvalue weighted by molar-refractivity contribution is 0.0919. The predicted octanol–water partition coefficient (Wildman–Crippen LogP) is 2.28. The number of hydrogen-bond acceptors (Lipinski definition) is 6. The molecule has 27 heavy (non-hydrogen) atoms. The number of rotatable bonds is 8. The Hall–Kier alpha value is -2.38. The summed E-state index contributed by atoms with van der Waals surface area (Å²) in [6.07, 6.45) is 1.78. The van der Waals surface area contributed by atoms with Gasteiger partial charge in [0.2, 0.25) is 0 Å². The third-order valence-corrected chi connectivity index (χ3v) is 4.78. The maximum absolute atomic E-state index is 12.5. The van der Waals surface area contributed by atoms with Crippen LogP contribution in [0.1, 0.15) is 35.7 Å². The van der Waals surface area contributed by atoms with E-state index in [4.69, 9.17) is 9.15 Å². The second kappa shape index (κ2) is 9.53. The van der Waals surface area contributed by atoms with Crippen LogP contribution in [0.15, 0.2) is 34.9 Å². The molecule has 0 unspecified atom stereocenters. The SMILES string of the molecule is CCN(CC)Cc1ccc(C(=O)NCc2cccnc2N2CCOCC2)o1. The molecule has 0 aromatic carbocycles. The fraction of sp³-hybridized carbons (Fsp3) is 0.500. The fourth-order valence-electron chi connectivity index (χ4n) is 3.14. The number of amides is 1. The molecule has 0 bridgehead atoms. The van der Waals surface area contributed by atoms with Crippen LogP contribution in [0.25, 0.3) is 0 Å². The van der Waals surface area contributed by atoms with Gasteiger partial charge in [-0.25, -0.2) is 4.98 Å². The van der Waals surface area contributed by atoms with Crippen LogP contribution in [0.5, 0.6) is 0 Å². The lowest BCUT2D eigenvalue weighted by Gasteiger charge is -2.29. The van der Waals surface area contributed by atoms with Gasteiger partial charge >= 0.3 is 0 Å². The molecule has 0 saturated carbocycles. The van der Waals surface area contributed by atoms with E-state index in [9.17, 15) is 4.79 Å². The van der Waals surface area contributed by atoms with Crippen molar-refractivity contribution in [3.8, 4) is 0 Å². The van der Waals surface area contributed by atoms with Crippen LogP contribution >= 0.6 is 0 Å². The zero-order valence-electron chi connectivity index (χ0n) is 16.1. The molecule has 0 atom stereocenters. The number of aromatic nitrogens is 1. The minimum absolute atomic E-state index is 0.211. The van der Waals surface area contributed by atoms with Crippen molar-refractivity contribution in [2.24, 2.45) is 0 Å². The highest BCUT2D eigenvalue weighted by Crippen LogP contribution is 2.18. The van der Waals surface area contributed by atoms with E-state index in [0.717, 1.165) is 43.3 Å². The third kappa shape index (κ3) is 5.08. The molecule has 3 rings (SSSR count). The molecule has 0 radical (unpaired) electrons.